The summed E-state index contributed by atoms with van der Waals surface area (Å²) in [7, 11) is 0. The maximum atomic E-state index is 6.95. The average molecular weight is 224 g/mol. The van der Waals surface area contributed by atoms with Crippen LogP contribution >= 0.6 is 0 Å². The van der Waals surface area contributed by atoms with E-state index >= 15 is 0 Å². The van der Waals surface area contributed by atoms with Crippen LogP contribution in [0.25, 0.3) is 0 Å². The highest BCUT2D eigenvalue weighted by atomic mass is 15.3. The van der Waals surface area contributed by atoms with Crippen molar-refractivity contribution >= 4 is 23.3 Å². The van der Waals surface area contributed by atoms with E-state index in [1.807, 2.05) is 0 Å². The zero-order chi connectivity index (χ0) is 12.0. The van der Waals surface area contributed by atoms with Gasteiger partial charge in [0.2, 0.25) is 11.9 Å². The van der Waals surface area contributed by atoms with Crippen LogP contribution < -0.4 is 22.3 Å². The van der Waals surface area contributed by atoms with Crippen molar-refractivity contribution in [3.8, 4) is 0 Å². The van der Waals surface area contributed by atoms with Crippen molar-refractivity contribution in [2.45, 2.75) is 25.7 Å². The monoisotopic (exact) mass is 224 g/mol. The topological polar surface area (TPSA) is 149 Å². The zero-order valence-electron chi connectivity index (χ0n) is 8.88. The maximum Gasteiger partial charge on any atom is 0.206 e. The molecular formula is C8H16N8. The summed E-state index contributed by atoms with van der Waals surface area (Å²) in [6.07, 6.45) is 3.11. The van der Waals surface area contributed by atoms with Crippen LogP contribution in [-0.2, 0) is 0 Å². The second-order valence-electron chi connectivity index (χ2n) is 3.41. The summed E-state index contributed by atoms with van der Waals surface area (Å²) in [4.78, 5) is 0. The SMILES string of the molecule is N=C(N)NN=C1CCC(=NNC(=N)N)CC1. The van der Waals surface area contributed by atoms with Gasteiger partial charge in [0, 0.05) is 11.4 Å². The van der Waals surface area contributed by atoms with E-state index in [0.717, 1.165) is 37.1 Å². The van der Waals surface area contributed by atoms with E-state index in [1.54, 1.807) is 0 Å². The van der Waals surface area contributed by atoms with E-state index in [1.165, 1.54) is 0 Å². The van der Waals surface area contributed by atoms with Crippen LogP contribution in [0.15, 0.2) is 10.2 Å². The first kappa shape index (κ1) is 12.0. The summed E-state index contributed by atoms with van der Waals surface area (Å²) in [5, 5.41) is 21.9. The van der Waals surface area contributed by atoms with Crippen LogP contribution in [0.5, 0.6) is 0 Å². The van der Waals surface area contributed by atoms with Gasteiger partial charge in [0.15, 0.2) is 0 Å². The number of nitrogens with one attached hydrogen (secondary N) is 4. The Kier molecular flexibility index (Phi) is 4.25. The third-order valence-corrected chi connectivity index (χ3v) is 2.07. The van der Waals surface area contributed by atoms with Crippen molar-refractivity contribution in [3.05, 3.63) is 0 Å². The number of rotatable bonds is 2. The highest BCUT2D eigenvalue weighted by Crippen LogP contribution is 2.12. The van der Waals surface area contributed by atoms with Gasteiger partial charge in [0.25, 0.3) is 0 Å². The molecule has 0 heterocycles. The van der Waals surface area contributed by atoms with Crippen LogP contribution in [0.1, 0.15) is 25.7 Å². The molecule has 0 bridgehead atoms. The maximum absolute atomic E-state index is 6.95. The van der Waals surface area contributed by atoms with E-state index in [9.17, 15) is 0 Å². The Hall–Kier alpha value is -2.12. The second kappa shape index (κ2) is 5.69. The Labute approximate surface area is 93.2 Å². The number of hydrogen-bond donors (Lipinski definition) is 6. The number of nitrogens with two attached hydrogens (primary N) is 2. The number of guanidine groups is 2. The first-order valence-corrected chi connectivity index (χ1v) is 4.89. The number of hydrazone groups is 2. The van der Waals surface area contributed by atoms with E-state index < -0.39 is 0 Å². The van der Waals surface area contributed by atoms with Gasteiger partial charge in [-0.3, -0.25) is 10.8 Å². The third-order valence-electron chi connectivity index (χ3n) is 2.07. The Bertz CT molecular complexity index is 296. The van der Waals surface area contributed by atoms with Crippen molar-refractivity contribution < 1.29 is 0 Å². The van der Waals surface area contributed by atoms with E-state index in [0.29, 0.717) is 0 Å². The molecule has 8 heteroatoms. The molecule has 0 radical (unpaired) electrons. The molecule has 0 aromatic rings. The molecule has 1 aliphatic rings. The third kappa shape index (κ3) is 4.40. The van der Waals surface area contributed by atoms with Crippen molar-refractivity contribution in [3.63, 3.8) is 0 Å². The Balaban J connectivity index is 2.39. The minimum Gasteiger partial charge on any atom is -0.369 e. The Morgan fingerprint density at radius 3 is 1.44 bits per heavy atom. The molecule has 1 fully saturated rings. The minimum absolute atomic E-state index is 0.162. The lowest BCUT2D eigenvalue weighted by Gasteiger charge is -2.15. The van der Waals surface area contributed by atoms with Gasteiger partial charge in [0.1, 0.15) is 0 Å². The Morgan fingerprint density at radius 1 is 0.875 bits per heavy atom. The van der Waals surface area contributed by atoms with Crippen LogP contribution in [0.3, 0.4) is 0 Å². The van der Waals surface area contributed by atoms with Gasteiger partial charge in [-0.1, -0.05) is 0 Å². The smallest absolute Gasteiger partial charge is 0.206 e. The molecule has 8 nitrogen and oxygen atoms in total. The Morgan fingerprint density at radius 2 is 1.19 bits per heavy atom. The second-order valence-corrected chi connectivity index (χ2v) is 3.41. The van der Waals surface area contributed by atoms with E-state index in [4.69, 9.17) is 22.3 Å². The predicted octanol–water partition coefficient (Wildman–Crippen LogP) is -0.761. The molecule has 0 atom stereocenters. The van der Waals surface area contributed by atoms with Gasteiger partial charge >= 0.3 is 0 Å². The summed E-state index contributed by atoms with van der Waals surface area (Å²) in [6, 6.07) is 0. The largest absolute Gasteiger partial charge is 0.369 e. The lowest BCUT2D eigenvalue weighted by molar-refractivity contribution is 0.870. The van der Waals surface area contributed by atoms with Gasteiger partial charge in [0.05, 0.1) is 0 Å². The van der Waals surface area contributed by atoms with Gasteiger partial charge in [-0.25, -0.2) is 10.9 Å². The molecule has 16 heavy (non-hydrogen) atoms. The fraction of sp³-hybridized carbons (Fsp3) is 0.500. The van der Waals surface area contributed by atoms with E-state index in [2.05, 4.69) is 21.1 Å². The fourth-order valence-electron chi connectivity index (χ4n) is 1.33. The quantitative estimate of drug-likeness (QED) is 0.207. The highest BCUT2D eigenvalue weighted by molar-refractivity contribution is 5.98. The molecule has 0 unspecified atom stereocenters. The van der Waals surface area contributed by atoms with Crippen molar-refractivity contribution in [1.29, 1.82) is 10.8 Å². The number of nitrogens with zero attached hydrogens (tertiary/aromatic N) is 2. The average Bonchev–Trinajstić information content (AvgIpc) is 2.25. The molecule has 0 aliphatic heterocycles. The highest BCUT2D eigenvalue weighted by Gasteiger charge is 2.12. The summed E-state index contributed by atoms with van der Waals surface area (Å²) in [5.74, 6) is -0.324. The summed E-state index contributed by atoms with van der Waals surface area (Å²) in [5.41, 5.74) is 17.0. The van der Waals surface area contributed by atoms with Gasteiger partial charge in [-0.2, -0.15) is 10.2 Å². The van der Waals surface area contributed by atoms with Gasteiger partial charge < -0.3 is 11.5 Å². The van der Waals surface area contributed by atoms with Crippen LogP contribution in [-0.4, -0.2) is 23.3 Å². The minimum atomic E-state index is -0.162. The molecule has 1 aliphatic carbocycles. The molecule has 0 amide bonds. The molecular weight excluding hydrogens is 208 g/mol. The van der Waals surface area contributed by atoms with Crippen LogP contribution in [0.4, 0.5) is 0 Å². The van der Waals surface area contributed by atoms with Gasteiger partial charge in [-0.05, 0) is 25.7 Å². The van der Waals surface area contributed by atoms with Crippen molar-refractivity contribution in [2.75, 3.05) is 0 Å². The first-order valence-electron chi connectivity index (χ1n) is 4.89. The molecule has 0 aromatic carbocycles. The summed E-state index contributed by atoms with van der Waals surface area (Å²) < 4.78 is 0. The molecule has 1 rings (SSSR count). The number of hydrogen-bond acceptors (Lipinski definition) is 4. The van der Waals surface area contributed by atoms with E-state index in [-0.39, 0.29) is 11.9 Å². The molecule has 0 aromatic heterocycles. The van der Waals surface area contributed by atoms with Crippen molar-refractivity contribution in [2.24, 2.45) is 21.7 Å². The summed E-state index contributed by atoms with van der Waals surface area (Å²) >= 11 is 0. The standard InChI is InChI=1S/C8H16N8/c9-7(10)15-13-5-1-2-6(4-3-5)14-16-8(11)12/h1-4H2,(H4,9,10,15)(H4,11,12,16). The van der Waals surface area contributed by atoms with Crippen LogP contribution in [0, 0.1) is 10.8 Å². The van der Waals surface area contributed by atoms with Crippen molar-refractivity contribution in [1.82, 2.24) is 10.9 Å². The normalized spacial score (nSPS) is 15.2. The fourth-order valence-corrected chi connectivity index (χ4v) is 1.33. The molecule has 0 spiro atoms. The van der Waals surface area contributed by atoms with Crippen LogP contribution in [0.2, 0.25) is 0 Å². The predicted molar refractivity (Wildman–Crippen MR) is 63.4 cm³/mol. The molecule has 8 N–H and O–H groups in total. The molecule has 1 saturated carbocycles. The lowest BCUT2D eigenvalue weighted by Crippen LogP contribution is -2.29. The lowest BCUT2D eigenvalue weighted by atomic mass is 9.97. The summed E-state index contributed by atoms with van der Waals surface area (Å²) in [6.45, 7) is 0. The zero-order valence-corrected chi connectivity index (χ0v) is 8.88. The molecule has 0 saturated heterocycles. The van der Waals surface area contributed by atoms with Gasteiger partial charge in [-0.15, -0.1) is 0 Å². The first-order chi connectivity index (χ1) is 7.58. The molecule has 88 valence electrons.